The van der Waals surface area contributed by atoms with Gasteiger partial charge < -0.3 is 9.64 Å². The average molecular weight is 422 g/mol. The fourth-order valence-electron chi connectivity index (χ4n) is 2.60. The molecule has 0 aliphatic carbocycles. The Kier molecular flexibility index (Phi) is 9.11. The zero-order chi connectivity index (χ0) is 20.4. The Morgan fingerprint density at radius 1 is 1.14 bits per heavy atom. The first-order valence-corrected chi connectivity index (χ1v) is 10.0. The van der Waals surface area contributed by atoms with Crippen molar-refractivity contribution in [3.63, 3.8) is 0 Å². The van der Waals surface area contributed by atoms with Gasteiger partial charge in [0.1, 0.15) is 5.75 Å². The van der Waals surface area contributed by atoms with Crippen molar-refractivity contribution in [3.05, 3.63) is 58.1 Å². The van der Waals surface area contributed by atoms with E-state index in [0.717, 1.165) is 18.7 Å². The average Bonchev–Trinajstić information content (AvgIpc) is 2.69. The third-order valence-electron chi connectivity index (χ3n) is 4.12. The highest BCUT2D eigenvalue weighted by Crippen LogP contribution is 2.27. The molecule has 1 amide bonds. The van der Waals surface area contributed by atoms with Gasteiger partial charge in [0.2, 0.25) is 5.91 Å². The minimum atomic E-state index is -0.165. The van der Waals surface area contributed by atoms with Gasteiger partial charge in [-0.15, -0.1) is 0 Å². The van der Waals surface area contributed by atoms with Crippen molar-refractivity contribution in [2.75, 3.05) is 24.6 Å². The van der Waals surface area contributed by atoms with Crippen molar-refractivity contribution in [1.29, 1.82) is 0 Å². The smallest absolute Gasteiger partial charge is 0.240 e. The van der Waals surface area contributed by atoms with Crippen molar-refractivity contribution in [2.24, 2.45) is 5.10 Å². The molecule has 0 heterocycles. The fourth-order valence-corrected chi connectivity index (χ4v) is 3.06. The molecule has 0 spiro atoms. The van der Waals surface area contributed by atoms with Crippen LogP contribution in [0.2, 0.25) is 10.0 Å². The molecule has 2 rings (SSSR count). The van der Waals surface area contributed by atoms with E-state index in [1.165, 1.54) is 5.69 Å². The summed E-state index contributed by atoms with van der Waals surface area (Å²) in [5.41, 5.74) is 4.63. The molecule has 0 fully saturated rings. The van der Waals surface area contributed by atoms with Crippen molar-refractivity contribution in [3.8, 4) is 5.75 Å². The number of benzene rings is 2. The Labute approximate surface area is 176 Å². The number of nitrogens with one attached hydrogen (secondary N) is 1. The van der Waals surface area contributed by atoms with Crippen LogP contribution in [0.5, 0.6) is 5.75 Å². The van der Waals surface area contributed by atoms with E-state index >= 15 is 0 Å². The zero-order valence-electron chi connectivity index (χ0n) is 16.1. The van der Waals surface area contributed by atoms with Crippen LogP contribution >= 0.6 is 23.2 Å². The molecule has 0 saturated heterocycles. The number of carbonyl (C=O) groups is 1. The van der Waals surface area contributed by atoms with Gasteiger partial charge in [-0.2, -0.15) is 5.10 Å². The van der Waals surface area contributed by atoms with Crippen LogP contribution in [0.4, 0.5) is 5.69 Å². The van der Waals surface area contributed by atoms with Gasteiger partial charge in [-0.25, -0.2) is 5.43 Å². The molecule has 0 aliphatic rings. The van der Waals surface area contributed by atoms with E-state index < -0.39 is 0 Å². The summed E-state index contributed by atoms with van der Waals surface area (Å²) in [4.78, 5) is 14.1. The number of nitrogens with zero attached hydrogens (tertiary/aromatic N) is 2. The molecule has 0 unspecified atom stereocenters. The van der Waals surface area contributed by atoms with Crippen LogP contribution in [0.3, 0.4) is 0 Å². The van der Waals surface area contributed by atoms with E-state index in [9.17, 15) is 4.79 Å². The van der Waals surface area contributed by atoms with Gasteiger partial charge in [0.05, 0.1) is 17.8 Å². The lowest BCUT2D eigenvalue weighted by molar-refractivity contribution is -0.121. The van der Waals surface area contributed by atoms with Crippen molar-refractivity contribution < 1.29 is 9.53 Å². The van der Waals surface area contributed by atoms with E-state index in [1.54, 1.807) is 24.4 Å². The van der Waals surface area contributed by atoms with Gasteiger partial charge >= 0.3 is 0 Å². The Morgan fingerprint density at radius 2 is 1.86 bits per heavy atom. The first-order valence-electron chi connectivity index (χ1n) is 9.28. The highest BCUT2D eigenvalue weighted by atomic mass is 35.5. The number of hydrogen-bond acceptors (Lipinski definition) is 4. The lowest BCUT2D eigenvalue weighted by atomic mass is 10.2. The molecule has 0 aromatic heterocycles. The van der Waals surface area contributed by atoms with E-state index in [-0.39, 0.29) is 5.91 Å². The molecule has 5 nitrogen and oxygen atoms in total. The van der Waals surface area contributed by atoms with Crippen LogP contribution in [0.15, 0.2) is 47.6 Å². The number of ether oxygens (including phenoxy) is 1. The summed E-state index contributed by atoms with van der Waals surface area (Å²) < 4.78 is 5.55. The molecule has 7 heteroatoms. The van der Waals surface area contributed by atoms with Crippen LogP contribution in [0.1, 0.15) is 32.3 Å². The van der Waals surface area contributed by atoms with E-state index in [0.29, 0.717) is 35.2 Å². The monoisotopic (exact) mass is 421 g/mol. The minimum absolute atomic E-state index is 0.165. The first kappa shape index (κ1) is 22.1. The highest BCUT2D eigenvalue weighted by Gasteiger charge is 2.04. The van der Waals surface area contributed by atoms with Crippen molar-refractivity contribution >= 4 is 41.0 Å². The molecule has 2 aromatic rings. The summed E-state index contributed by atoms with van der Waals surface area (Å²) in [5.74, 6) is 0.388. The molecule has 1 N–H and O–H groups in total. The lowest BCUT2D eigenvalue weighted by Crippen LogP contribution is -2.21. The van der Waals surface area contributed by atoms with Crippen molar-refractivity contribution in [1.82, 2.24) is 5.43 Å². The zero-order valence-corrected chi connectivity index (χ0v) is 17.6. The van der Waals surface area contributed by atoms with Crippen LogP contribution in [0.25, 0.3) is 0 Å². The van der Waals surface area contributed by atoms with Gasteiger partial charge in [0.15, 0.2) is 0 Å². The standard InChI is InChI=1S/C21H25Cl2N3O2/c1-3-26(4-2)18-10-7-16(8-11-18)15-24-25-21(27)6-5-13-28-20-12-9-17(22)14-19(20)23/h7-12,14-15H,3-6,13H2,1-2H3,(H,25,27)/b24-15+. The summed E-state index contributed by atoms with van der Waals surface area (Å²) in [6.07, 6.45) is 2.50. The number of hydrogen-bond donors (Lipinski definition) is 1. The third-order valence-corrected chi connectivity index (χ3v) is 4.65. The molecule has 150 valence electrons. The highest BCUT2D eigenvalue weighted by molar-refractivity contribution is 6.35. The van der Waals surface area contributed by atoms with Gasteiger partial charge in [-0.3, -0.25) is 4.79 Å². The van der Waals surface area contributed by atoms with Crippen LogP contribution in [0, 0.1) is 0 Å². The molecule has 0 saturated carbocycles. The van der Waals surface area contributed by atoms with Gasteiger partial charge in [0, 0.05) is 30.2 Å². The second-order valence-corrected chi connectivity index (χ2v) is 6.93. The fraction of sp³-hybridized carbons (Fsp3) is 0.333. The van der Waals surface area contributed by atoms with Gasteiger partial charge in [-0.1, -0.05) is 35.3 Å². The second-order valence-electron chi connectivity index (χ2n) is 6.08. The number of halogens is 2. The number of carbonyl (C=O) groups excluding carboxylic acids is 1. The summed E-state index contributed by atoms with van der Waals surface area (Å²) in [5, 5.41) is 5.01. The maximum absolute atomic E-state index is 11.8. The maximum atomic E-state index is 11.8. The minimum Gasteiger partial charge on any atom is -0.492 e. The Hall–Kier alpha value is -2.24. The molecule has 0 bridgehead atoms. The Morgan fingerprint density at radius 3 is 2.50 bits per heavy atom. The Bertz CT molecular complexity index is 791. The number of rotatable bonds is 10. The number of amides is 1. The largest absolute Gasteiger partial charge is 0.492 e. The topological polar surface area (TPSA) is 53.9 Å². The summed E-state index contributed by atoms with van der Waals surface area (Å²) in [7, 11) is 0. The van der Waals surface area contributed by atoms with E-state index in [4.69, 9.17) is 27.9 Å². The van der Waals surface area contributed by atoms with Gasteiger partial charge in [-0.05, 0) is 56.2 Å². The molecule has 2 aromatic carbocycles. The summed E-state index contributed by atoms with van der Waals surface area (Å²) in [6.45, 7) is 6.57. The molecule has 0 radical (unpaired) electrons. The maximum Gasteiger partial charge on any atom is 0.240 e. The lowest BCUT2D eigenvalue weighted by Gasteiger charge is -2.20. The predicted octanol–water partition coefficient (Wildman–Crippen LogP) is 5.15. The first-order chi connectivity index (χ1) is 13.5. The van der Waals surface area contributed by atoms with Crippen LogP contribution in [-0.4, -0.2) is 31.8 Å². The molecule has 0 atom stereocenters. The van der Waals surface area contributed by atoms with Gasteiger partial charge in [0.25, 0.3) is 0 Å². The number of hydrazone groups is 1. The number of anilines is 1. The van der Waals surface area contributed by atoms with E-state index in [1.807, 2.05) is 12.1 Å². The van der Waals surface area contributed by atoms with Crippen LogP contribution in [-0.2, 0) is 4.79 Å². The van der Waals surface area contributed by atoms with Crippen molar-refractivity contribution in [2.45, 2.75) is 26.7 Å². The van der Waals surface area contributed by atoms with E-state index in [2.05, 4.69) is 41.4 Å². The molecule has 28 heavy (non-hydrogen) atoms. The SMILES string of the molecule is CCN(CC)c1ccc(/C=N/NC(=O)CCCOc2ccc(Cl)cc2Cl)cc1. The quantitative estimate of drug-likeness (QED) is 0.327. The molecule has 0 aliphatic heterocycles. The normalized spacial score (nSPS) is 10.9. The summed E-state index contributed by atoms with van der Waals surface area (Å²) >= 11 is 11.9. The molecular formula is C21H25Cl2N3O2. The molecular weight excluding hydrogens is 397 g/mol. The van der Waals surface area contributed by atoms with Crippen LogP contribution < -0.4 is 15.1 Å². The second kappa shape index (κ2) is 11.6. The third kappa shape index (κ3) is 7.06. The Balaban J connectivity index is 1.70. The summed E-state index contributed by atoms with van der Waals surface area (Å²) in [6, 6.07) is 13.1. The predicted molar refractivity (Wildman–Crippen MR) is 117 cm³/mol.